The predicted octanol–water partition coefficient (Wildman–Crippen LogP) is 3.33. The Bertz CT molecular complexity index is 250. The highest BCUT2D eigenvalue weighted by atomic mass is 14.8. The van der Waals surface area contributed by atoms with Gasteiger partial charge in [-0.25, -0.2) is 9.97 Å². The van der Waals surface area contributed by atoms with Crippen molar-refractivity contribution in [2.24, 2.45) is 0 Å². The predicted molar refractivity (Wildman–Crippen MR) is 59.2 cm³/mol. The van der Waals surface area contributed by atoms with Crippen molar-refractivity contribution in [2.45, 2.75) is 51.9 Å². The molecule has 0 spiro atoms. The van der Waals surface area contributed by atoms with E-state index in [0.29, 0.717) is 0 Å². The molecule has 0 amide bonds. The van der Waals surface area contributed by atoms with Crippen LogP contribution in [0.15, 0.2) is 18.7 Å². The Morgan fingerprint density at radius 3 is 2.00 bits per heavy atom. The van der Waals surface area contributed by atoms with Crippen LogP contribution in [0, 0.1) is 0 Å². The summed E-state index contributed by atoms with van der Waals surface area (Å²) in [5, 5.41) is 0. The van der Waals surface area contributed by atoms with Crippen molar-refractivity contribution in [3.05, 3.63) is 24.3 Å². The second-order valence-corrected chi connectivity index (χ2v) is 4.19. The quantitative estimate of drug-likeness (QED) is 0.715. The Balaban J connectivity index is 2.87. The van der Waals surface area contributed by atoms with Gasteiger partial charge >= 0.3 is 0 Å². The smallest absolute Gasteiger partial charge is 0.115 e. The van der Waals surface area contributed by atoms with Crippen molar-refractivity contribution in [2.75, 3.05) is 0 Å². The highest BCUT2D eigenvalue weighted by molar-refractivity contribution is 5.16. The van der Waals surface area contributed by atoms with Gasteiger partial charge in [0, 0.05) is 12.4 Å². The molecule has 0 N–H and O–H groups in total. The third-order valence-corrected chi connectivity index (χ3v) is 2.86. The number of nitrogens with zero attached hydrogens (tertiary/aromatic N) is 2. The molecule has 1 rings (SSSR count). The molecule has 0 aliphatic carbocycles. The number of rotatable bonds is 5. The minimum absolute atomic E-state index is 0.269. The highest BCUT2D eigenvalue weighted by Crippen LogP contribution is 2.32. The first-order valence-electron chi connectivity index (χ1n) is 5.48. The van der Waals surface area contributed by atoms with Gasteiger partial charge in [-0.2, -0.15) is 0 Å². The van der Waals surface area contributed by atoms with Crippen LogP contribution in [0.1, 0.15) is 52.0 Å². The van der Waals surface area contributed by atoms with Crippen molar-refractivity contribution >= 4 is 0 Å². The zero-order valence-electron chi connectivity index (χ0n) is 9.45. The van der Waals surface area contributed by atoms with E-state index in [1.165, 1.54) is 31.2 Å². The lowest BCUT2D eigenvalue weighted by Crippen LogP contribution is -2.21. The average molecular weight is 192 g/mol. The molecule has 0 atom stereocenters. The summed E-state index contributed by atoms with van der Waals surface area (Å²) in [5.74, 6) is 0. The monoisotopic (exact) mass is 192 g/mol. The first kappa shape index (κ1) is 11.2. The zero-order valence-corrected chi connectivity index (χ0v) is 9.45. The molecule has 2 nitrogen and oxygen atoms in total. The summed E-state index contributed by atoms with van der Waals surface area (Å²) in [6, 6.07) is 0. The lowest BCUT2D eigenvalue weighted by Gasteiger charge is -2.28. The Morgan fingerprint density at radius 2 is 1.57 bits per heavy atom. The van der Waals surface area contributed by atoms with Crippen LogP contribution in [0.5, 0.6) is 0 Å². The van der Waals surface area contributed by atoms with E-state index in [1.807, 2.05) is 12.4 Å². The van der Waals surface area contributed by atoms with Crippen molar-refractivity contribution in [3.63, 3.8) is 0 Å². The molecule has 0 radical (unpaired) electrons. The molecule has 0 unspecified atom stereocenters. The first-order valence-corrected chi connectivity index (χ1v) is 5.48. The summed E-state index contributed by atoms with van der Waals surface area (Å²) < 4.78 is 0. The van der Waals surface area contributed by atoms with Gasteiger partial charge in [-0.1, -0.05) is 33.6 Å². The van der Waals surface area contributed by atoms with Crippen LogP contribution in [0.3, 0.4) is 0 Å². The molecule has 0 bridgehead atoms. The second kappa shape index (κ2) is 5.08. The molecular formula is C12H20N2. The molecule has 14 heavy (non-hydrogen) atoms. The summed E-state index contributed by atoms with van der Waals surface area (Å²) in [6.45, 7) is 6.79. The van der Waals surface area contributed by atoms with E-state index >= 15 is 0 Å². The molecule has 0 fully saturated rings. The lowest BCUT2D eigenvalue weighted by atomic mass is 9.76. The van der Waals surface area contributed by atoms with Crippen LogP contribution in [0.4, 0.5) is 0 Å². The summed E-state index contributed by atoms with van der Waals surface area (Å²) in [6.07, 6.45) is 10.4. The van der Waals surface area contributed by atoms with Crippen LogP contribution in [0.25, 0.3) is 0 Å². The standard InChI is InChI=1S/C12H20N2/c1-4-6-12(3,7-5-2)11-8-13-10-14-9-11/h8-10H,4-7H2,1-3H3. The van der Waals surface area contributed by atoms with Gasteiger partial charge in [0.2, 0.25) is 0 Å². The number of hydrogen-bond acceptors (Lipinski definition) is 2. The third-order valence-electron chi connectivity index (χ3n) is 2.86. The van der Waals surface area contributed by atoms with E-state index < -0.39 is 0 Å². The fraction of sp³-hybridized carbons (Fsp3) is 0.667. The summed E-state index contributed by atoms with van der Waals surface area (Å²) in [7, 11) is 0. The van der Waals surface area contributed by atoms with Gasteiger partial charge in [-0.05, 0) is 23.8 Å². The maximum absolute atomic E-state index is 4.10. The van der Waals surface area contributed by atoms with Gasteiger partial charge < -0.3 is 0 Å². The van der Waals surface area contributed by atoms with Crippen molar-refractivity contribution in [3.8, 4) is 0 Å². The van der Waals surface area contributed by atoms with Gasteiger partial charge in [0.15, 0.2) is 0 Å². The molecule has 0 aliphatic heterocycles. The van der Waals surface area contributed by atoms with E-state index in [4.69, 9.17) is 0 Å². The van der Waals surface area contributed by atoms with Gasteiger partial charge in [0.05, 0.1) is 0 Å². The maximum Gasteiger partial charge on any atom is 0.115 e. The molecule has 1 aromatic rings. The van der Waals surface area contributed by atoms with E-state index in [-0.39, 0.29) is 5.41 Å². The molecule has 0 saturated carbocycles. The third kappa shape index (κ3) is 2.53. The molecule has 2 heteroatoms. The van der Waals surface area contributed by atoms with Crippen molar-refractivity contribution in [1.29, 1.82) is 0 Å². The minimum Gasteiger partial charge on any atom is -0.245 e. The molecule has 1 heterocycles. The van der Waals surface area contributed by atoms with Crippen LogP contribution >= 0.6 is 0 Å². The fourth-order valence-electron chi connectivity index (χ4n) is 2.13. The normalized spacial score (nSPS) is 11.6. The van der Waals surface area contributed by atoms with Gasteiger partial charge in [-0.15, -0.1) is 0 Å². The molecule has 1 aromatic heterocycles. The Kier molecular flexibility index (Phi) is 4.05. The largest absolute Gasteiger partial charge is 0.245 e. The van der Waals surface area contributed by atoms with E-state index in [1.54, 1.807) is 6.33 Å². The fourth-order valence-corrected chi connectivity index (χ4v) is 2.13. The molecule has 0 saturated heterocycles. The first-order chi connectivity index (χ1) is 6.73. The van der Waals surface area contributed by atoms with Crippen LogP contribution in [-0.4, -0.2) is 9.97 Å². The summed E-state index contributed by atoms with van der Waals surface area (Å²) in [5.41, 5.74) is 1.55. The summed E-state index contributed by atoms with van der Waals surface area (Å²) >= 11 is 0. The van der Waals surface area contributed by atoms with Crippen molar-refractivity contribution in [1.82, 2.24) is 9.97 Å². The molecule has 78 valence electrons. The molecule has 0 aliphatic rings. The summed E-state index contributed by atoms with van der Waals surface area (Å²) in [4.78, 5) is 8.21. The molecule has 0 aromatic carbocycles. The molecular weight excluding hydrogens is 172 g/mol. The zero-order chi connectivity index (χ0) is 10.4. The van der Waals surface area contributed by atoms with Gasteiger partial charge in [0.1, 0.15) is 6.33 Å². The van der Waals surface area contributed by atoms with Crippen LogP contribution < -0.4 is 0 Å². The Labute approximate surface area is 86.8 Å². The Hall–Kier alpha value is -0.920. The highest BCUT2D eigenvalue weighted by Gasteiger charge is 2.24. The van der Waals surface area contributed by atoms with Crippen LogP contribution in [-0.2, 0) is 5.41 Å². The topological polar surface area (TPSA) is 25.8 Å². The minimum atomic E-state index is 0.269. The SMILES string of the molecule is CCCC(C)(CCC)c1cncnc1. The van der Waals surface area contributed by atoms with Crippen molar-refractivity contribution < 1.29 is 0 Å². The van der Waals surface area contributed by atoms with Crippen LogP contribution in [0.2, 0.25) is 0 Å². The van der Waals surface area contributed by atoms with Gasteiger partial charge in [-0.3, -0.25) is 0 Å². The Morgan fingerprint density at radius 1 is 1.07 bits per heavy atom. The average Bonchev–Trinajstić information content (AvgIpc) is 2.20. The maximum atomic E-state index is 4.10. The number of aromatic nitrogens is 2. The van der Waals surface area contributed by atoms with Gasteiger partial charge in [0.25, 0.3) is 0 Å². The van der Waals surface area contributed by atoms with E-state index in [0.717, 1.165) is 0 Å². The lowest BCUT2D eigenvalue weighted by molar-refractivity contribution is 0.389. The van der Waals surface area contributed by atoms with E-state index in [9.17, 15) is 0 Å². The number of hydrogen-bond donors (Lipinski definition) is 0. The van der Waals surface area contributed by atoms with E-state index in [2.05, 4.69) is 30.7 Å². The second-order valence-electron chi connectivity index (χ2n) is 4.19.